The first-order valence-electron chi connectivity index (χ1n) is 10.1. The van der Waals surface area contributed by atoms with Gasteiger partial charge in [0, 0.05) is 25.1 Å². The van der Waals surface area contributed by atoms with Gasteiger partial charge in [-0.2, -0.15) is 0 Å². The molecule has 0 N–H and O–H groups in total. The summed E-state index contributed by atoms with van der Waals surface area (Å²) in [6, 6.07) is 8.63. The molecule has 0 radical (unpaired) electrons. The van der Waals surface area contributed by atoms with Crippen molar-refractivity contribution in [3.63, 3.8) is 0 Å². The monoisotopic (exact) mass is 385 g/mol. The molecule has 1 aliphatic carbocycles. The highest BCUT2D eigenvalue weighted by Gasteiger charge is 2.26. The second-order valence-corrected chi connectivity index (χ2v) is 7.52. The molecule has 29 heavy (non-hydrogen) atoms. The van der Waals surface area contributed by atoms with Crippen molar-refractivity contribution >= 4 is 12.2 Å². The van der Waals surface area contributed by atoms with Crippen molar-refractivity contribution < 1.29 is 0 Å². The predicted octanol–water partition coefficient (Wildman–Crippen LogP) is 4.52. The molecule has 148 valence electrons. The fourth-order valence-electron chi connectivity index (χ4n) is 4.21. The first kappa shape index (κ1) is 19.3. The van der Waals surface area contributed by atoms with E-state index < -0.39 is 0 Å². The Hall–Kier alpha value is -3.05. The summed E-state index contributed by atoms with van der Waals surface area (Å²) in [4.78, 5) is 16.1. The van der Waals surface area contributed by atoms with Gasteiger partial charge in [0.25, 0.3) is 0 Å². The second-order valence-electron chi connectivity index (χ2n) is 7.52. The number of hydrogen-bond acceptors (Lipinski definition) is 4. The molecule has 0 bridgehead atoms. The fraction of sp³-hybridized carbons (Fsp3) is 0.292. The minimum atomic E-state index is 0.311. The highest BCUT2D eigenvalue weighted by Crippen LogP contribution is 2.33. The molecular formula is C24H27N5. The highest BCUT2D eigenvalue weighted by molar-refractivity contribution is 5.58. The quantitative estimate of drug-likeness (QED) is 0.600. The fourth-order valence-corrected chi connectivity index (χ4v) is 4.21. The molecule has 3 aromatic heterocycles. The van der Waals surface area contributed by atoms with Crippen LogP contribution in [-0.2, 0) is 19.5 Å². The average Bonchev–Trinajstić information content (AvgIpc) is 3.10. The minimum Gasteiger partial charge on any atom is -0.322 e. The lowest BCUT2D eigenvalue weighted by atomic mass is 9.91. The van der Waals surface area contributed by atoms with Gasteiger partial charge in [0.15, 0.2) is 0 Å². The summed E-state index contributed by atoms with van der Waals surface area (Å²) < 4.78 is 2.23. The van der Waals surface area contributed by atoms with Crippen LogP contribution in [0.15, 0.2) is 56.0 Å². The van der Waals surface area contributed by atoms with E-state index in [-0.39, 0.29) is 0 Å². The van der Waals surface area contributed by atoms with E-state index in [0.29, 0.717) is 6.04 Å². The molecule has 0 saturated carbocycles. The summed E-state index contributed by atoms with van der Waals surface area (Å²) in [5, 5.41) is 0. The Kier molecular flexibility index (Phi) is 5.67. The maximum atomic E-state index is 4.88. The molecule has 1 unspecified atom stereocenters. The van der Waals surface area contributed by atoms with E-state index in [1.165, 1.54) is 23.2 Å². The number of rotatable bonds is 7. The molecular weight excluding hydrogens is 358 g/mol. The van der Waals surface area contributed by atoms with Gasteiger partial charge in [0.05, 0.1) is 29.7 Å². The van der Waals surface area contributed by atoms with E-state index in [1.54, 1.807) is 6.08 Å². The number of imidazole rings is 1. The SMILES string of the molecule is C=Cc1nc(CN(C)C2CCCc3cccnc32)n(Cc2ccncc2)c1C=C. The number of aryl methyl sites for hydroxylation is 1. The number of hydrogen-bond donors (Lipinski definition) is 0. The van der Waals surface area contributed by atoms with Crippen molar-refractivity contribution in [2.24, 2.45) is 0 Å². The summed E-state index contributed by atoms with van der Waals surface area (Å²) in [5.74, 6) is 1.01. The van der Waals surface area contributed by atoms with E-state index >= 15 is 0 Å². The molecule has 0 fully saturated rings. The van der Waals surface area contributed by atoms with E-state index in [0.717, 1.165) is 43.1 Å². The molecule has 0 spiro atoms. The van der Waals surface area contributed by atoms with Crippen LogP contribution < -0.4 is 0 Å². The molecule has 0 aliphatic heterocycles. The summed E-state index contributed by atoms with van der Waals surface area (Å²) >= 11 is 0. The van der Waals surface area contributed by atoms with Gasteiger partial charge in [-0.15, -0.1) is 0 Å². The summed E-state index contributed by atoms with van der Waals surface area (Å²) in [5.41, 5.74) is 5.64. The molecule has 3 heterocycles. The third kappa shape index (κ3) is 3.91. The Morgan fingerprint density at radius 3 is 2.76 bits per heavy atom. The zero-order chi connectivity index (χ0) is 20.2. The van der Waals surface area contributed by atoms with Crippen molar-refractivity contribution in [3.8, 4) is 0 Å². The number of fused-ring (bicyclic) bond motifs is 1. The van der Waals surface area contributed by atoms with Gasteiger partial charge in [0.1, 0.15) is 5.82 Å². The standard InChI is InChI=1S/C24H27N5/c1-4-20-21(5-2)29(16-18-11-14-25-15-12-18)23(27-20)17-28(3)22-10-6-8-19-9-7-13-26-24(19)22/h4-5,7,9,11-15,22H,1-2,6,8,10,16-17H2,3H3. The predicted molar refractivity (Wildman–Crippen MR) is 117 cm³/mol. The van der Waals surface area contributed by atoms with Crippen LogP contribution in [0.4, 0.5) is 0 Å². The Morgan fingerprint density at radius 1 is 1.17 bits per heavy atom. The third-order valence-corrected chi connectivity index (χ3v) is 5.68. The van der Waals surface area contributed by atoms with Crippen molar-refractivity contribution in [2.75, 3.05) is 7.05 Å². The summed E-state index contributed by atoms with van der Waals surface area (Å²) in [7, 11) is 2.17. The van der Waals surface area contributed by atoms with Gasteiger partial charge in [0.2, 0.25) is 0 Å². The van der Waals surface area contributed by atoms with Gasteiger partial charge in [-0.3, -0.25) is 14.9 Å². The van der Waals surface area contributed by atoms with Crippen molar-refractivity contribution in [1.29, 1.82) is 0 Å². The van der Waals surface area contributed by atoms with Gasteiger partial charge in [-0.25, -0.2) is 4.98 Å². The maximum absolute atomic E-state index is 4.88. The number of aromatic nitrogens is 4. The highest BCUT2D eigenvalue weighted by atomic mass is 15.2. The molecule has 1 aliphatic rings. The first-order chi connectivity index (χ1) is 14.2. The smallest absolute Gasteiger partial charge is 0.124 e. The zero-order valence-corrected chi connectivity index (χ0v) is 17.0. The summed E-state index contributed by atoms with van der Waals surface area (Å²) in [6.45, 7) is 9.42. The molecule has 5 heteroatoms. The van der Waals surface area contributed by atoms with Gasteiger partial charge < -0.3 is 4.57 Å². The third-order valence-electron chi connectivity index (χ3n) is 5.68. The Bertz CT molecular complexity index is 1010. The Labute approximate surface area is 172 Å². The Balaban J connectivity index is 1.65. The van der Waals surface area contributed by atoms with Crippen LogP contribution in [-0.4, -0.2) is 31.5 Å². The lowest BCUT2D eigenvalue weighted by molar-refractivity contribution is 0.201. The van der Waals surface area contributed by atoms with E-state index in [1.807, 2.05) is 42.9 Å². The molecule has 0 aromatic carbocycles. The molecule has 3 aromatic rings. The maximum Gasteiger partial charge on any atom is 0.124 e. The minimum absolute atomic E-state index is 0.311. The van der Waals surface area contributed by atoms with E-state index in [9.17, 15) is 0 Å². The van der Waals surface area contributed by atoms with Gasteiger partial charge >= 0.3 is 0 Å². The van der Waals surface area contributed by atoms with Crippen LogP contribution in [0.1, 0.15) is 52.9 Å². The molecule has 0 saturated heterocycles. The topological polar surface area (TPSA) is 46.8 Å². The van der Waals surface area contributed by atoms with Crippen molar-refractivity contribution in [1.82, 2.24) is 24.4 Å². The van der Waals surface area contributed by atoms with Crippen LogP contribution >= 0.6 is 0 Å². The Morgan fingerprint density at radius 2 is 2.00 bits per heavy atom. The van der Waals surface area contributed by atoms with E-state index in [2.05, 4.69) is 40.7 Å². The number of nitrogens with zero attached hydrogens (tertiary/aromatic N) is 5. The van der Waals surface area contributed by atoms with Crippen LogP contribution in [0, 0.1) is 0 Å². The van der Waals surface area contributed by atoms with Gasteiger partial charge in [-0.05, 0) is 67.8 Å². The lowest BCUT2D eigenvalue weighted by Crippen LogP contribution is -2.29. The van der Waals surface area contributed by atoms with Crippen molar-refractivity contribution in [3.05, 3.63) is 90.0 Å². The molecule has 0 amide bonds. The molecule has 5 nitrogen and oxygen atoms in total. The normalized spacial score (nSPS) is 15.9. The van der Waals surface area contributed by atoms with Crippen LogP contribution in [0.3, 0.4) is 0 Å². The largest absolute Gasteiger partial charge is 0.322 e. The lowest BCUT2D eigenvalue weighted by Gasteiger charge is -2.32. The van der Waals surface area contributed by atoms with Crippen LogP contribution in [0.25, 0.3) is 12.2 Å². The van der Waals surface area contributed by atoms with Crippen LogP contribution in [0.2, 0.25) is 0 Å². The second kappa shape index (κ2) is 8.53. The molecule has 4 rings (SSSR count). The number of pyridine rings is 2. The summed E-state index contributed by atoms with van der Waals surface area (Å²) in [6.07, 6.45) is 12.7. The van der Waals surface area contributed by atoms with Gasteiger partial charge in [-0.1, -0.05) is 19.2 Å². The van der Waals surface area contributed by atoms with Crippen molar-refractivity contribution in [2.45, 2.75) is 38.4 Å². The molecule has 1 atom stereocenters. The average molecular weight is 386 g/mol. The zero-order valence-electron chi connectivity index (χ0n) is 17.0. The van der Waals surface area contributed by atoms with E-state index in [4.69, 9.17) is 9.97 Å². The van der Waals surface area contributed by atoms with Crippen LogP contribution in [0.5, 0.6) is 0 Å². The first-order valence-corrected chi connectivity index (χ1v) is 10.1.